The van der Waals surface area contributed by atoms with E-state index < -0.39 is 157 Å². The van der Waals surface area contributed by atoms with E-state index in [0.717, 1.165) is 0 Å². The summed E-state index contributed by atoms with van der Waals surface area (Å²) in [5.41, 5.74) is 18.9. The van der Waals surface area contributed by atoms with E-state index in [0.29, 0.717) is 40.6 Å². The maximum atomic E-state index is 14.9. The van der Waals surface area contributed by atoms with Gasteiger partial charge in [0.05, 0.1) is 6.04 Å². The Bertz CT molecular complexity index is 2830. The van der Waals surface area contributed by atoms with Crippen molar-refractivity contribution in [1.29, 1.82) is 0 Å². The van der Waals surface area contributed by atoms with E-state index in [1.165, 1.54) is 11.8 Å². The van der Waals surface area contributed by atoms with Crippen LogP contribution in [0.25, 0.3) is 10.9 Å². The van der Waals surface area contributed by atoms with Gasteiger partial charge in [-0.2, -0.15) is 11.8 Å². The summed E-state index contributed by atoms with van der Waals surface area (Å²) in [4.78, 5) is 157. The van der Waals surface area contributed by atoms with Crippen molar-refractivity contribution in [3.8, 4) is 0 Å². The molecule has 0 aliphatic rings. The largest absolute Gasteiger partial charge is 0.481 e. The number of aromatic nitrogens is 1. The van der Waals surface area contributed by atoms with Crippen LogP contribution in [-0.4, -0.2) is 164 Å². The van der Waals surface area contributed by atoms with E-state index in [-0.39, 0.29) is 56.9 Å². The summed E-state index contributed by atoms with van der Waals surface area (Å²) >= 11 is 1.48. The van der Waals surface area contributed by atoms with Crippen molar-refractivity contribution in [2.24, 2.45) is 39.9 Å². The minimum atomic E-state index is -1.61. The molecular weight excluding hydrogens is 1150 g/mol. The number of fused-ring (bicyclic) bond motifs is 1. The monoisotopic (exact) mass is 1240 g/mol. The van der Waals surface area contributed by atoms with Crippen molar-refractivity contribution >= 4 is 93.8 Å². The molecule has 1 aromatic heterocycles. The van der Waals surface area contributed by atoms with Gasteiger partial charge >= 0.3 is 17.9 Å². The topological polar surface area (TPSA) is 451 Å². The second kappa shape index (κ2) is 37.3. The maximum absolute atomic E-state index is 14.9. The molecule has 28 heteroatoms. The van der Waals surface area contributed by atoms with Crippen molar-refractivity contribution in [3.63, 3.8) is 0 Å². The maximum Gasteiger partial charge on any atom is 0.326 e. The van der Waals surface area contributed by atoms with Crippen molar-refractivity contribution in [1.82, 2.24) is 47.5 Å². The number of thioether (sulfide) groups is 1. The first-order valence-corrected chi connectivity index (χ1v) is 30.6. The number of para-hydroxylation sites is 1. The van der Waals surface area contributed by atoms with Crippen molar-refractivity contribution in [2.45, 2.75) is 173 Å². The Labute approximate surface area is 510 Å². The van der Waals surface area contributed by atoms with Gasteiger partial charge in [0.1, 0.15) is 48.3 Å². The zero-order chi connectivity index (χ0) is 64.9. The van der Waals surface area contributed by atoms with E-state index in [1.54, 1.807) is 102 Å². The van der Waals surface area contributed by atoms with Gasteiger partial charge in [0, 0.05) is 49.3 Å². The molecule has 0 saturated carbocycles. The predicted octanol–water partition coefficient (Wildman–Crippen LogP) is 0.918. The molecule has 0 aliphatic heterocycles. The van der Waals surface area contributed by atoms with Crippen LogP contribution >= 0.6 is 11.8 Å². The molecule has 0 fully saturated rings. The molecule has 18 N–H and O–H groups in total. The average Bonchev–Trinajstić information content (AvgIpc) is 2.82. The molecular formula is C59H89N13O14S. The molecule has 27 nitrogen and oxygen atoms in total. The van der Waals surface area contributed by atoms with Gasteiger partial charge in [-0.05, 0) is 85.5 Å². The number of benzene rings is 2. The number of nitrogens with one attached hydrogen (secondary N) is 9. The van der Waals surface area contributed by atoms with Gasteiger partial charge in [-0.1, -0.05) is 103 Å². The van der Waals surface area contributed by atoms with E-state index in [2.05, 4.69) is 52.5 Å². The molecule has 8 amide bonds. The third kappa shape index (κ3) is 25.3. The summed E-state index contributed by atoms with van der Waals surface area (Å²) in [5.74, 6) is -12.0. The molecule has 3 rings (SSSR count). The van der Waals surface area contributed by atoms with E-state index in [1.807, 2.05) is 6.26 Å². The Hall–Kier alpha value is -8.27. The van der Waals surface area contributed by atoms with Gasteiger partial charge < -0.3 is 80.0 Å². The lowest BCUT2D eigenvalue weighted by molar-refractivity contribution is -0.143. The lowest BCUT2D eigenvalue weighted by Crippen LogP contribution is -2.62. The Morgan fingerprint density at radius 3 is 1.51 bits per heavy atom. The lowest BCUT2D eigenvalue weighted by Gasteiger charge is -2.30. The number of guanidine groups is 1. The van der Waals surface area contributed by atoms with Gasteiger partial charge in [-0.15, -0.1) is 0 Å². The fourth-order valence-corrected chi connectivity index (χ4v) is 9.72. The quantitative estimate of drug-likeness (QED) is 0.0214. The lowest BCUT2D eigenvalue weighted by atomic mass is 9.95. The highest BCUT2D eigenvalue weighted by Crippen LogP contribution is 2.21. The second-order valence-corrected chi connectivity index (χ2v) is 23.0. The fraction of sp³-hybridized carbons (Fsp3) is 0.559. The molecule has 0 spiro atoms. The Kier molecular flexibility index (Phi) is 31.3. The molecule has 1 heterocycles. The van der Waals surface area contributed by atoms with Crippen molar-refractivity contribution in [3.05, 3.63) is 71.9 Å². The van der Waals surface area contributed by atoms with Crippen LogP contribution in [0, 0.1) is 17.8 Å². The first-order valence-electron chi connectivity index (χ1n) is 29.2. The van der Waals surface area contributed by atoms with Crippen molar-refractivity contribution < 1.29 is 68.1 Å². The van der Waals surface area contributed by atoms with Crippen LogP contribution in [0.15, 0.2) is 65.8 Å². The number of aliphatic imine (C=N–C) groups is 1. The highest BCUT2D eigenvalue weighted by atomic mass is 32.2. The number of rotatable bonds is 40. The fourth-order valence-electron chi connectivity index (χ4n) is 9.23. The highest BCUT2D eigenvalue weighted by molar-refractivity contribution is 7.98. The number of hydrogen-bond donors (Lipinski definition) is 15. The summed E-state index contributed by atoms with van der Waals surface area (Å²) in [7, 11) is 0. The number of carboxylic acids is 3. The standard InChI is InChI=1S/C59H89N13O14S/c1-8-33(5)48(71-52(79)40(20-15-26-63-59(61)62)65-50(77)38(60)25-27-87-7)56(83)67-42(22-24-47(75)76)53(80)72-49(34(6)9-2)57(84)69-43(29-35-16-11-10-12-17-35)54(81)68-44(30-36-31-64-39-19-14-13-18-37(36)39)55(82)66-41(21-23-46(73)74)51(78)70-45(58(85)86)28-32(3)4/h10-14,16-19,31-34,38,40-45,48-49,64H,8-9,15,20-30,60H2,1-7H3,(H,65,77)(H,66,82)(H,67,83)(H,68,81)(H,69,84)(H,70,78)(H,71,79)(H,72,80)(H,73,74)(H,75,76)(H,85,86)(H4,61,62,63)/t33-,34-,38-,40-,41-,42-,43-,44-,45-,48-,49-/m0/s1. The van der Waals surface area contributed by atoms with E-state index in [4.69, 9.17) is 17.2 Å². The third-order valence-electron chi connectivity index (χ3n) is 14.7. The van der Waals surface area contributed by atoms with Gasteiger partial charge in [0.2, 0.25) is 47.3 Å². The molecule has 11 atom stereocenters. The van der Waals surface area contributed by atoms with Crippen LogP contribution in [0.2, 0.25) is 0 Å². The Morgan fingerprint density at radius 1 is 0.552 bits per heavy atom. The number of amides is 8. The number of nitrogens with zero attached hydrogens (tertiary/aromatic N) is 1. The van der Waals surface area contributed by atoms with Gasteiger partial charge in [0.15, 0.2) is 5.96 Å². The second-order valence-electron chi connectivity index (χ2n) is 22.0. The molecule has 480 valence electrons. The van der Waals surface area contributed by atoms with E-state index >= 15 is 0 Å². The van der Waals surface area contributed by atoms with Crippen LogP contribution in [-0.2, 0) is 65.6 Å². The predicted molar refractivity (Wildman–Crippen MR) is 328 cm³/mol. The summed E-state index contributed by atoms with van der Waals surface area (Å²) in [5, 5.41) is 51.0. The number of hydrogen-bond acceptors (Lipinski definition) is 14. The smallest absolute Gasteiger partial charge is 0.326 e. The molecule has 2 aromatic carbocycles. The molecule has 0 aliphatic carbocycles. The molecule has 87 heavy (non-hydrogen) atoms. The van der Waals surface area contributed by atoms with Crippen LogP contribution in [0.5, 0.6) is 0 Å². The number of aromatic amines is 1. The Balaban J connectivity index is 2.04. The normalized spacial score (nSPS) is 15.0. The first kappa shape index (κ1) is 73.0. The van der Waals surface area contributed by atoms with Crippen LogP contribution in [0.1, 0.15) is 117 Å². The molecule has 0 radical (unpaired) electrons. The van der Waals surface area contributed by atoms with Crippen LogP contribution in [0.3, 0.4) is 0 Å². The van der Waals surface area contributed by atoms with Crippen LogP contribution in [0.4, 0.5) is 0 Å². The molecule has 3 aromatic rings. The van der Waals surface area contributed by atoms with Gasteiger partial charge in [0.25, 0.3) is 0 Å². The highest BCUT2D eigenvalue weighted by Gasteiger charge is 2.38. The first-order chi connectivity index (χ1) is 41.2. The van der Waals surface area contributed by atoms with Crippen molar-refractivity contribution in [2.75, 3.05) is 18.6 Å². The summed E-state index contributed by atoms with van der Waals surface area (Å²) in [6, 6.07) is 3.03. The SMILES string of the molecule is CC[C@H](C)[C@H](NC(=O)[C@H](CCC(=O)O)NC(=O)[C@@H](NC(=O)[C@H](CCCN=C(N)N)NC(=O)[C@@H](N)CCSC)[C@@H](C)CC)C(=O)N[C@@H](Cc1ccccc1)C(=O)N[C@@H](Cc1c[nH]c2ccccc12)C(=O)N[C@@H](CCC(=O)O)C(=O)N[C@@H](CC(C)C)C(=O)O. The number of aliphatic carboxylic acids is 3. The molecule has 0 unspecified atom stereocenters. The average molecular weight is 1240 g/mol. The summed E-state index contributed by atoms with van der Waals surface area (Å²) < 4.78 is 0. The summed E-state index contributed by atoms with van der Waals surface area (Å²) in [6.07, 6.45) is 2.09. The third-order valence-corrected chi connectivity index (χ3v) is 15.3. The van der Waals surface area contributed by atoms with Gasteiger partial charge in [-0.3, -0.25) is 52.9 Å². The minimum absolute atomic E-state index is 0.0171. The Morgan fingerprint density at radius 2 is 1.00 bits per heavy atom. The minimum Gasteiger partial charge on any atom is -0.481 e. The number of carboxylic acid groups (broad SMARTS) is 3. The molecule has 0 bridgehead atoms. The number of carbonyl (C=O) groups is 11. The zero-order valence-electron chi connectivity index (χ0n) is 50.5. The molecule has 0 saturated heterocycles. The summed E-state index contributed by atoms with van der Waals surface area (Å²) in [6.45, 7) is 10.4. The number of H-pyrrole nitrogens is 1. The van der Waals surface area contributed by atoms with Gasteiger partial charge in [-0.25, -0.2) is 4.79 Å². The van der Waals surface area contributed by atoms with E-state index in [9.17, 15) is 68.1 Å². The number of nitrogens with two attached hydrogens (primary N) is 3. The van der Waals surface area contributed by atoms with Crippen LogP contribution < -0.4 is 59.7 Å². The number of carbonyl (C=O) groups excluding carboxylic acids is 8. The zero-order valence-corrected chi connectivity index (χ0v) is 51.3.